The summed E-state index contributed by atoms with van der Waals surface area (Å²) in [5.41, 5.74) is 7.34. The van der Waals surface area contributed by atoms with E-state index < -0.39 is 0 Å². The van der Waals surface area contributed by atoms with Crippen LogP contribution in [0.5, 0.6) is 0 Å². The number of hydrogen-bond donors (Lipinski definition) is 1. The van der Waals surface area contributed by atoms with Crippen LogP contribution in [0.15, 0.2) is 30.3 Å². The van der Waals surface area contributed by atoms with Crippen LogP contribution in [0.1, 0.15) is 26.2 Å². The first-order valence-corrected chi connectivity index (χ1v) is 6.64. The minimum atomic E-state index is 0.359. The van der Waals surface area contributed by atoms with Crippen LogP contribution in [-0.2, 0) is 0 Å². The van der Waals surface area contributed by atoms with E-state index in [9.17, 15) is 0 Å². The lowest BCUT2D eigenvalue weighted by Crippen LogP contribution is -2.32. The maximum absolute atomic E-state index is 5.69. The Morgan fingerprint density at radius 2 is 2.00 bits per heavy atom. The number of nitrogens with zero attached hydrogens (tertiary/aromatic N) is 1. The van der Waals surface area contributed by atoms with Crippen LogP contribution in [0.4, 0.5) is 5.69 Å². The molecule has 1 fully saturated rings. The van der Waals surface area contributed by atoms with Gasteiger partial charge in [-0.1, -0.05) is 30.4 Å². The first-order valence-electron chi connectivity index (χ1n) is 6.23. The Labute approximate surface area is 109 Å². The van der Waals surface area contributed by atoms with Crippen molar-refractivity contribution in [1.29, 1.82) is 0 Å². The van der Waals surface area contributed by atoms with Gasteiger partial charge in [0, 0.05) is 25.2 Å². The van der Waals surface area contributed by atoms with E-state index >= 15 is 0 Å². The minimum Gasteiger partial charge on any atom is -0.393 e. The molecule has 2 nitrogen and oxygen atoms in total. The topological polar surface area (TPSA) is 29.3 Å². The number of hydrogen-bond acceptors (Lipinski definition) is 2. The molecule has 0 unspecified atom stereocenters. The van der Waals surface area contributed by atoms with Gasteiger partial charge in [0.1, 0.15) is 0 Å². The third-order valence-electron chi connectivity index (χ3n) is 3.54. The number of para-hydroxylation sites is 1. The van der Waals surface area contributed by atoms with E-state index in [2.05, 4.69) is 42.2 Å². The van der Waals surface area contributed by atoms with Crippen molar-refractivity contribution < 1.29 is 0 Å². The molecule has 0 saturated heterocycles. The van der Waals surface area contributed by atoms with Crippen LogP contribution in [0.25, 0.3) is 0 Å². The van der Waals surface area contributed by atoms with Gasteiger partial charge < -0.3 is 10.6 Å². The van der Waals surface area contributed by atoms with Crippen LogP contribution in [0.2, 0.25) is 0 Å². The van der Waals surface area contributed by atoms with Gasteiger partial charge in [0.25, 0.3) is 0 Å². The summed E-state index contributed by atoms with van der Waals surface area (Å²) in [7, 11) is 0. The molecule has 0 atom stereocenters. The van der Waals surface area contributed by atoms with Crippen LogP contribution < -0.4 is 10.6 Å². The SMILES string of the molecule is CCN(CC1(CC(N)=S)CC1)c1ccccc1. The predicted molar refractivity (Wildman–Crippen MR) is 77.4 cm³/mol. The number of rotatable bonds is 6. The highest BCUT2D eigenvalue weighted by molar-refractivity contribution is 7.80. The molecule has 0 aliphatic heterocycles. The molecule has 0 aromatic heterocycles. The molecule has 0 amide bonds. The zero-order valence-corrected chi connectivity index (χ0v) is 11.2. The highest BCUT2D eigenvalue weighted by Crippen LogP contribution is 2.49. The molecule has 0 radical (unpaired) electrons. The fourth-order valence-corrected chi connectivity index (χ4v) is 2.67. The van der Waals surface area contributed by atoms with Crippen molar-refractivity contribution >= 4 is 22.9 Å². The predicted octanol–water partition coefficient (Wildman–Crippen LogP) is 2.97. The molecule has 1 aromatic carbocycles. The van der Waals surface area contributed by atoms with Gasteiger partial charge in [-0.05, 0) is 37.3 Å². The first kappa shape index (κ1) is 12.4. The van der Waals surface area contributed by atoms with Crippen molar-refractivity contribution in [3.8, 4) is 0 Å². The summed E-state index contributed by atoms with van der Waals surface area (Å²) in [4.78, 5) is 3.08. The molecule has 1 saturated carbocycles. The summed E-state index contributed by atoms with van der Waals surface area (Å²) >= 11 is 5.05. The normalized spacial score (nSPS) is 16.5. The maximum Gasteiger partial charge on any atom is 0.0733 e. The zero-order chi connectivity index (χ0) is 12.3. The molecule has 0 spiro atoms. The Hall–Kier alpha value is -1.09. The fraction of sp³-hybridized carbons (Fsp3) is 0.500. The first-order chi connectivity index (χ1) is 8.15. The van der Waals surface area contributed by atoms with E-state index in [-0.39, 0.29) is 0 Å². The number of anilines is 1. The highest BCUT2D eigenvalue weighted by Gasteiger charge is 2.44. The molecule has 3 heteroatoms. The van der Waals surface area contributed by atoms with E-state index in [1.54, 1.807) is 0 Å². The zero-order valence-electron chi connectivity index (χ0n) is 10.4. The van der Waals surface area contributed by atoms with E-state index in [0.29, 0.717) is 10.4 Å². The standard InChI is InChI=1S/C14H20N2S/c1-2-16(12-6-4-3-5-7-12)11-14(8-9-14)10-13(15)17/h3-7H,2,8-11H2,1H3,(H2,15,17). The highest BCUT2D eigenvalue weighted by atomic mass is 32.1. The molecule has 1 aromatic rings. The van der Waals surface area contributed by atoms with Gasteiger partial charge in [-0.15, -0.1) is 0 Å². The van der Waals surface area contributed by atoms with Crippen molar-refractivity contribution in [2.75, 3.05) is 18.0 Å². The lowest BCUT2D eigenvalue weighted by molar-refractivity contribution is 0.522. The van der Waals surface area contributed by atoms with Crippen LogP contribution in [0, 0.1) is 5.41 Å². The second-order valence-corrected chi connectivity index (χ2v) is 5.52. The number of benzene rings is 1. The third kappa shape index (κ3) is 3.19. The van der Waals surface area contributed by atoms with Crippen molar-refractivity contribution in [3.05, 3.63) is 30.3 Å². The molecule has 2 N–H and O–H groups in total. The summed E-state index contributed by atoms with van der Waals surface area (Å²) in [6.07, 6.45) is 3.41. The van der Waals surface area contributed by atoms with E-state index in [1.165, 1.54) is 18.5 Å². The van der Waals surface area contributed by atoms with Crippen LogP contribution in [-0.4, -0.2) is 18.1 Å². The molecule has 1 aliphatic carbocycles. The van der Waals surface area contributed by atoms with Gasteiger partial charge in [0.15, 0.2) is 0 Å². The Bertz CT molecular complexity index is 384. The van der Waals surface area contributed by atoms with Gasteiger partial charge in [-0.3, -0.25) is 0 Å². The average Bonchev–Trinajstić information content (AvgIpc) is 3.06. The van der Waals surface area contributed by atoms with E-state index in [0.717, 1.165) is 19.5 Å². The molecular weight excluding hydrogens is 228 g/mol. The quantitative estimate of drug-likeness (QED) is 0.785. The molecule has 2 rings (SSSR count). The number of nitrogens with two attached hydrogens (primary N) is 1. The van der Waals surface area contributed by atoms with Gasteiger partial charge in [-0.25, -0.2) is 0 Å². The van der Waals surface area contributed by atoms with Crippen LogP contribution in [0.3, 0.4) is 0 Å². The lowest BCUT2D eigenvalue weighted by atomic mass is 10.0. The van der Waals surface area contributed by atoms with E-state index in [4.69, 9.17) is 18.0 Å². The monoisotopic (exact) mass is 248 g/mol. The molecule has 0 heterocycles. The maximum atomic E-state index is 5.69. The Kier molecular flexibility index (Phi) is 3.67. The molecule has 17 heavy (non-hydrogen) atoms. The molecule has 0 bridgehead atoms. The molecule has 1 aliphatic rings. The van der Waals surface area contributed by atoms with Crippen LogP contribution >= 0.6 is 12.2 Å². The average molecular weight is 248 g/mol. The second-order valence-electron chi connectivity index (χ2n) is 4.99. The lowest BCUT2D eigenvalue weighted by Gasteiger charge is -2.28. The fourth-order valence-electron chi connectivity index (χ4n) is 2.37. The van der Waals surface area contributed by atoms with Gasteiger partial charge in [0.2, 0.25) is 0 Å². The second kappa shape index (κ2) is 5.05. The van der Waals surface area contributed by atoms with Gasteiger partial charge in [0.05, 0.1) is 4.99 Å². The van der Waals surface area contributed by atoms with E-state index in [1.807, 2.05) is 0 Å². The summed E-state index contributed by atoms with van der Waals surface area (Å²) in [5, 5.41) is 0. The smallest absolute Gasteiger partial charge is 0.0733 e. The van der Waals surface area contributed by atoms with Crippen molar-refractivity contribution in [2.24, 2.45) is 11.1 Å². The summed E-state index contributed by atoms with van der Waals surface area (Å²) in [6, 6.07) is 10.6. The Balaban J connectivity index is 2.03. The summed E-state index contributed by atoms with van der Waals surface area (Å²) in [5.74, 6) is 0. The van der Waals surface area contributed by atoms with Gasteiger partial charge in [-0.2, -0.15) is 0 Å². The van der Waals surface area contributed by atoms with Crippen molar-refractivity contribution in [2.45, 2.75) is 26.2 Å². The number of thiocarbonyl (C=S) groups is 1. The third-order valence-corrected chi connectivity index (χ3v) is 3.68. The van der Waals surface area contributed by atoms with Gasteiger partial charge >= 0.3 is 0 Å². The van der Waals surface area contributed by atoms with Crippen molar-refractivity contribution in [1.82, 2.24) is 0 Å². The largest absolute Gasteiger partial charge is 0.393 e. The molecular formula is C14H20N2S. The Morgan fingerprint density at radius 1 is 1.35 bits per heavy atom. The Morgan fingerprint density at radius 3 is 2.47 bits per heavy atom. The minimum absolute atomic E-state index is 0.359. The molecule has 92 valence electrons. The van der Waals surface area contributed by atoms with Crippen molar-refractivity contribution in [3.63, 3.8) is 0 Å². The summed E-state index contributed by atoms with van der Waals surface area (Å²) in [6.45, 7) is 4.30. The summed E-state index contributed by atoms with van der Waals surface area (Å²) < 4.78 is 0.